The Morgan fingerprint density at radius 1 is 1.53 bits per heavy atom. The number of hydrogen-bond acceptors (Lipinski definition) is 4. The predicted molar refractivity (Wildman–Crippen MR) is 67.5 cm³/mol. The molecule has 4 heteroatoms. The molecule has 1 aromatic heterocycles. The third-order valence-electron chi connectivity index (χ3n) is 3.33. The Morgan fingerprint density at radius 3 is 3.18 bits per heavy atom. The summed E-state index contributed by atoms with van der Waals surface area (Å²) in [5, 5.41) is 9.13. The number of aliphatic hydroxyl groups is 1. The number of aliphatic hydroxyl groups excluding tert-OH is 1. The van der Waals surface area contributed by atoms with Gasteiger partial charge in [-0.15, -0.1) is 0 Å². The van der Waals surface area contributed by atoms with Gasteiger partial charge in [0.1, 0.15) is 0 Å². The second-order valence-corrected chi connectivity index (χ2v) is 4.38. The maximum atomic E-state index is 9.13. The molecule has 2 rings (SSSR count). The van der Waals surface area contributed by atoms with Gasteiger partial charge >= 0.3 is 0 Å². The normalized spacial score (nSPS) is 20.4. The van der Waals surface area contributed by atoms with Crippen LogP contribution in [0, 0.1) is 0 Å². The minimum Gasteiger partial charge on any atom is -0.493 e. The summed E-state index contributed by atoms with van der Waals surface area (Å²) in [6, 6.07) is 4.21. The summed E-state index contributed by atoms with van der Waals surface area (Å²) in [6.07, 6.45) is 6.14. The molecule has 2 heterocycles. The highest BCUT2D eigenvalue weighted by Gasteiger charge is 2.25. The number of rotatable bonds is 4. The highest BCUT2D eigenvalue weighted by Crippen LogP contribution is 2.31. The van der Waals surface area contributed by atoms with E-state index in [1.54, 1.807) is 13.3 Å². The van der Waals surface area contributed by atoms with Crippen molar-refractivity contribution in [3.05, 3.63) is 18.3 Å². The van der Waals surface area contributed by atoms with Crippen molar-refractivity contribution in [3.63, 3.8) is 0 Å². The van der Waals surface area contributed by atoms with E-state index in [9.17, 15) is 0 Å². The van der Waals surface area contributed by atoms with Crippen LogP contribution in [0.3, 0.4) is 0 Å². The highest BCUT2D eigenvalue weighted by molar-refractivity contribution is 5.53. The smallest absolute Gasteiger partial charge is 0.171 e. The fourth-order valence-electron chi connectivity index (χ4n) is 2.49. The van der Waals surface area contributed by atoms with Crippen LogP contribution in [0.25, 0.3) is 0 Å². The number of methoxy groups -OCH3 is 1. The van der Waals surface area contributed by atoms with Crippen LogP contribution in [-0.4, -0.2) is 36.4 Å². The fourth-order valence-corrected chi connectivity index (χ4v) is 2.49. The molecule has 1 saturated heterocycles. The fraction of sp³-hybridized carbons (Fsp3) is 0.615. The number of ether oxygens (including phenoxy) is 1. The van der Waals surface area contributed by atoms with Gasteiger partial charge in [0.25, 0.3) is 0 Å². The van der Waals surface area contributed by atoms with Gasteiger partial charge in [-0.25, -0.2) is 4.98 Å². The summed E-state index contributed by atoms with van der Waals surface area (Å²) in [6.45, 7) is 1.23. The Kier molecular flexibility index (Phi) is 4.20. The van der Waals surface area contributed by atoms with Gasteiger partial charge in [-0.3, -0.25) is 0 Å². The molecule has 1 atom stereocenters. The second-order valence-electron chi connectivity index (χ2n) is 4.38. The molecule has 4 nitrogen and oxygen atoms in total. The van der Waals surface area contributed by atoms with Gasteiger partial charge in [0.2, 0.25) is 0 Å². The van der Waals surface area contributed by atoms with Crippen molar-refractivity contribution in [2.75, 3.05) is 25.2 Å². The predicted octanol–water partition coefficient (Wildman–Crippen LogP) is 1.83. The number of nitrogens with zero attached hydrogens (tertiary/aromatic N) is 2. The van der Waals surface area contributed by atoms with Crippen molar-refractivity contribution in [1.82, 2.24) is 4.98 Å². The molecular formula is C13H20N2O2. The van der Waals surface area contributed by atoms with Crippen LogP contribution in [0.2, 0.25) is 0 Å². The number of anilines is 1. The quantitative estimate of drug-likeness (QED) is 0.866. The summed E-state index contributed by atoms with van der Waals surface area (Å²) in [7, 11) is 1.67. The first-order valence-corrected chi connectivity index (χ1v) is 6.23. The van der Waals surface area contributed by atoms with Gasteiger partial charge in [0, 0.05) is 25.4 Å². The van der Waals surface area contributed by atoms with Crippen molar-refractivity contribution in [1.29, 1.82) is 0 Å². The van der Waals surface area contributed by atoms with Crippen molar-refractivity contribution in [3.8, 4) is 5.75 Å². The van der Waals surface area contributed by atoms with Gasteiger partial charge in [-0.05, 0) is 37.8 Å². The van der Waals surface area contributed by atoms with Gasteiger partial charge in [-0.1, -0.05) is 0 Å². The zero-order valence-corrected chi connectivity index (χ0v) is 10.3. The Hall–Kier alpha value is -1.29. The third kappa shape index (κ3) is 2.69. The zero-order valence-electron chi connectivity index (χ0n) is 10.3. The maximum Gasteiger partial charge on any atom is 0.171 e. The number of aromatic nitrogens is 1. The monoisotopic (exact) mass is 236 g/mol. The zero-order chi connectivity index (χ0) is 12.1. The van der Waals surface area contributed by atoms with Crippen molar-refractivity contribution in [2.45, 2.75) is 31.7 Å². The molecule has 0 spiro atoms. The van der Waals surface area contributed by atoms with Crippen molar-refractivity contribution >= 4 is 5.82 Å². The van der Waals surface area contributed by atoms with Crippen LogP contribution in [0.15, 0.2) is 18.3 Å². The summed E-state index contributed by atoms with van der Waals surface area (Å²) in [4.78, 5) is 6.70. The Balaban J connectivity index is 2.22. The van der Waals surface area contributed by atoms with Crippen LogP contribution in [0.4, 0.5) is 5.82 Å². The van der Waals surface area contributed by atoms with Crippen LogP contribution in [0.1, 0.15) is 25.7 Å². The first-order chi connectivity index (χ1) is 8.36. The first kappa shape index (κ1) is 12.2. The number of hydrogen-bond donors (Lipinski definition) is 1. The maximum absolute atomic E-state index is 9.13. The molecule has 1 aliphatic rings. The molecule has 0 amide bonds. The lowest BCUT2D eigenvalue weighted by atomic mass is 9.99. The Bertz CT molecular complexity index is 355. The van der Waals surface area contributed by atoms with Gasteiger partial charge in [0.05, 0.1) is 7.11 Å². The van der Waals surface area contributed by atoms with Crippen LogP contribution >= 0.6 is 0 Å². The first-order valence-electron chi connectivity index (χ1n) is 6.23. The lowest BCUT2D eigenvalue weighted by Gasteiger charge is -2.37. The van der Waals surface area contributed by atoms with E-state index in [1.165, 1.54) is 12.8 Å². The average molecular weight is 236 g/mol. The standard InChI is InChI=1S/C13H20N2O2/c1-17-12-6-4-8-14-13(12)15-9-3-2-5-11(15)7-10-16/h4,6,8,11,16H,2-3,5,7,9-10H2,1H3. The molecule has 94 valence electrons. The van der Waals surface area contributed by atoms with E-state index in [4.69, 9.17) is 9.84 Å². The molecule has 1 fully saturated rings. The Labute approximate surface area is 102 Å². The van der Waals surface area contributed by atoms with Gasteiger partial charge in [0.15, 0.2) is 11.6 Å². The molecule has 0 bridgehead atoms. The van der Waals surface area contributed by atoms with Crippen LogP contribution in [0.5, 0.6) is 5.75 Å². The van der Waals surface area contributed by atoms with Gasteiger partial charge in [-0.2, -0.15) is 0 Å². The topological polar surface area (TPSA) is 45.6 Å². The largest absolute Gasteiger partial charge is 0.493 e. The third-order valence-corrected chi connectivity index (χ3v) is 3.33. The summed E-state index contributed by atoms with van der Waals surface area (Å²) >= 11 is 0. The molecule has 1 unspecified atom stereocenters. The van der Waals surface area contributed by atoms with Crippen molar-refractivity contribution in [2.24, 2.45) is 0 Å². The van der Waals surface area contributed by atoms with E-state index in [0.717, 1.165) is 31.0 Å². The SMILES string of the molecule is COc1cccnc1N1CCCCC1CCO. The Morgan fingerprint density at radius 2 is 2.41 bits per heavy atom. The van der Waals surface area contributed by atoms with Crippen LogP contribution < -0.4 is 9.64 Å². The highest BCUT2D eigenvalue weighted by atomic mass is 16.5. The van der Waals surface area contributed by atoms with E-state index in [0.29, 0.717) is 6.04 Å². The lowest BCUT2D eigenvalue weighted by molar-refractivity contribution is 0.261. The lowest BCUT2D eigenvalue weighted by Crippen LogP contribution is -2.40. The minimum absolute atomic E-state index is 0.232. The minimum atomic E-state index is 0.232. The molecule has 0 saturated carbocycles. The van der Waals surface area contributed by atoms with E-state index >= 15 is 0 Å². The van der Waals surface area contributed by atoms with Gasteiger partial charge < -0.3 is 14.7 Å². The van der Waals surface area contributed by atoms with E-state index in [2.05, 4.69) is 9.88 Å². The summed E-state index contributed by atoms with van der Waals surface area (Å²) in [5.74, 6) is 1.73. The molecule has 1 aromatic rings. The molecule has 1 aliphatic heterocycles. The summed E-state index contributed by atoms with van der Waals surface area (Å²) < 4.78 is 5.36. The number of pyridine rings is 1. The van der Waals surface area contributed by atoms with Crippen molar-refractivity contribution < 1.29 is 9.84 Å². The molecule has 0 aliphatic carbocycles. The molecule has 0 aromatic carbocycles. The van der Waals surface area contributed by atoms with Crippen LogP contribution in [-0.2, 0) is 0 Å². The van der Waals surface area contributed by atoms with E-state index in [-0.39, 0.29) is 6.61 Å². The average Bonchev–Trinajstić information content (AvgIpc) is 2.40. The number of piperidine rings is 1. The molecule has 17 heavy (non-hydrogen) atoms. The molecule has 0 radical (unpaired) electrons. The molecule has 1 N–H and O–H groups in total. The second kappa shape index (κ2) is 5.87. The summed E-state index contributed by atoms with van der Waals surface area (Å²) in [5.41, 5.74) is 0. The van der Waals surface area contributed by atoms with E-state index in [1.807, 2.05) is 12.1 Å². The van der Waals surface area contributed by atoms with E-state index < -0.39 is 0 Å². The molecular weight excluding hydrogens is 216 g/mol.